The molecule has 1 heterocycles. The van der Waals surface area contributed by atoms with E-state index in [0.717, 1.165) is 17.2 Å². The molecule has 0 spiro atoms. The van der Waals surface area contributed by atoms with Crippen molar-refractivity contribution in [3.05, 3.63) is 90.8 Å². The standard InChI is InChI=1S/C25H19F3N2O3/c26-25(27,28)33-20-14-8-7-13-19(20)29-21(31)15-16-22-30-23(17-9-3-1-4-10-17)24(32-22)18-11-5-2-6-12-18/h1-14H,15-16H2,(H,29,31). The molecule has 0 fully saturated rings. The van der Waals surface area contributed by atoms with E-state index in [4.69, 9.17) is 4.42 Å². The highest BCUT2D eigenvalue weighted by molar-refractivity contribution is 5.92. The number of carbonyl (C=O) groups excluding carboxylic acids is 1. The van der Waals surface area contributed by atoms with E-state index in [2.05, 4.69) is 15.0 Å². The van der Waals surface area contributed by atoms with Crippen molar-refractivity contribution in [3.8, 4) is 28.3 Å². The Hall–Kier alpha value is -4.07. The highest BCUT2D eigenvalue weighted by Gasteiger charge is 2.32. The molecule has 1 N–H and O–H groups in total. The Morgan fingerprint density at radius 1 is 0.879 bits per heavy atom. The van der Waals surface area contributed by atoms with Crippen LogP contribution in [0, 0.1) is 0 Å². The highest BCUT2D eigenvalue weighted by Crippen LogP contribution is 2.33. The number of aromatic nitrogens is 1. The van der Waals surface area contributed by atoms with Gasteiger partial charge >= 0.3 is 6.36 Å². The van der Waals surface area contributed by atoms with Crippen molar-refractivity contribution in [1.29, 1.82) is 0 Å². The minimum Gasteiger partial charge on any atom is -0.440 e. The minimum absolute atomic E-state index is 0.0384. The Labute approximate surface area is 187 Å². The Kier molecular flexibility index (Phi) is 6.44. The first-order valence-corrected chi connectivity index (χ1v) is 10.1. The number of aryl methyl sites for hydroxylation is 1. The molecule has 1 amide bonds. The molecule has 0 aliphatic rings. The number of amides is 1. The summed E-state index contributed by atoms with van der Waals surface area (Å²) in [7, 11) is 0. The number of carbonyl (C=O) groups is 1. The second-order valence-corrected chi connectivity index (χ2v) is 7.11. The molecule has 0 aliphatic heterocycles. The van der Waals surface area contributed by atoms with Gasteiger partial charge in [-0.25, -0.2) is 4.98 Å². The highest BCUT2D eigenvalue weighted by atomic mass is 19.4. The van der Waals surface area contributed by atoms with Crippen molar-refractivity contribution in [3.63, 3.8) is 0 Å². The Morgan fingerprint density at radius 2 is 1.48 bits per heavy atom. The first kappa shape index (κ1) is 22.1. The number of nitrogens with zero attached hydrogens (tertiary/aromatic N) is 1. The fourth-order valence-corrected chi connectivity index (χ4v) is 3.26. The van der Waals surface area contributed by atoms with E-state index in [1.807, 2.05) is 60.7 Å². The summed E-state index contributed by atoms with van der Waals surface area (Å²) in [6.07, 6.45) is -4.73. The molecule has 0 unspecified atom stereocenters. The second kappa shape index (κ2) is 9.60. The molecule has 5 nitrogen and oxygen atoms in total. The third-order valence-corrected chi connectivity index (χ3v) is 4.71. The van der Waals surface area contributed by atoms with Crippen LogP contribution in [0.3, 0.4) is 0 Å². The number of halogens is 3. The largest absolute Gasteiger partial charge is 0.573 e. The van der Waals surface area contributed by atoms with E-state index in [1.165, 1.54) is 18.2 Å². The summed E-state index contributed by atoms with van der Waals surface area (Å²) in [4.78, 5) is 17.0. The molecule has 33 heavy (non-hydrogen) atoms. The first-order chi connectivity index (χ1) is 15.9. The van der Waals surface area contributed by atoms with Gasteiger partial charge in [0, 0.05) is 24.0 Å². The molecule has 1 aromatic heterocycles. The van der Waals surface area contributed by atoms with Gasteiger partial charge in [-0.3, -0.25) is 4.79 Å². The first-order valence-electron chi connectivity index (χ1n) is 10.1. The van der Waals surface area contributed by atoms with Crippen LogP contribution >= 0.6 is 0 Å². The van der Waals surface area contributed by atoms with Gasteiger partial charge in [0.2, 0.25) is 5.91 Å². The third kappa shape index (κ3) is 5.79. The predicted octanol–water partition coefficient (Wildman–Crippen LogP) is 6.48. The maximum Gasteiger partial charge on any atom is 0.573 e. The fourth-order valence-electron chi connectivity index (χ4n) is 3.26. The number of benzene rings is 3. The van der Waals surface area contributed by atoms with Gasteiger partial charge in [-0.05, 0) is 12.1 Å². The zero-order valence-corrected chi connectivity index (χ0v) is 17.3. The van der Waals surface area contributed by atoms with Crippen LogP contribution in [0.25, 0.3) is 22.6 Å². The van der Waals surface area contributed by atoms with Crippen molar-refractivity contribution in [1.82, 2.24) is 4.98 Å². The lowest BCUT2D eigenvalue weighted by Gasteiger charge is -2.13. The number of ether oxygens (including phenoxy) is 1. The molecule has 8 heteroatoms. The molecule has 0 radical (unpaired) electrons. The smallest absolute Gasteiger partial charge is 0.440 e. The fraction of sp³-hybridized carbons (Fsp3) is 0.120. The molecule has 4 rings (SSSR count). The molecule has 0 saturated heterocycles. The molecule has 0 aliphatic carbocycles. The van der Waals surface area contributed by atoms with E-state index in [9.17, 15) is 18.0 Å². The van der Waals surface area contributed by atoms with Crippen molar-refractivity contribution >= 4 is 11.6 Å². The van der Waals surface area contributed by atoms with E-state index in [1.54, 1.807) is 0 Å². The second-order valence-electron chi connectivity index (χ2n) is 7.11. The van der Waals surface area contributed by atoms with Crippen LogP contribution in [-0.2, 0) is 11.2 Å². The molecule has 168 valence electrons. The molecular formula is C25H19F3N2O3. The maximum absolute atomic E-state index is 12.6. The lowest BCUT2D eigenvalue weighted by atomic mass is 10.1. The number of para-hydroxylation sites is 2. The van der Waals surface area contributed by atoms with E-state index in [-0.39, 0.29) is 18.5 Å². The van der Waals surface area contributed by atoms with Crippen LogP contribution in [-0.4, -0.2) is 17.3 Å². The van der Waals surface area contributed by atoms with Crippen LogP contribution in [0.1, 0.15) is 12.3 Å². The van der Waals surface area contributed by atoms with E-state index < -0.39 is 18.0 Å². The van der Waals surface area contributed by atoms with Crippen molar-refractivity contribution in [2.75, 3.05) is 5.32 Å². The average molecular weight is 452 g/mol. The topological polar surface area (TPSA) is 64.4 Å². The molecular weight excluding hydrogens is 433 g/mol. The van der Waals surface area contributed by atoms with Gasteiger partial charge in [-0.15, -0.1) is 13.2 Å². The van der Waals surface area contributed by atoms with Gasteiger partial charge in [0.15, 0.2) is 17.4 Å². The van der Waals surface area contributed by atoms with Gasteiger partial charge < -0.3 is 14.5 Å². The number of hydrogen-bond acceptors (Lipinski definition) is 4. The SMILES string of the molecule is O=C(CCc1nc(-c2ccccc2)c(-c2ccccc2)o1)Nc1ccccc1OC(F)(F)F. The zero-order valence-electron chi connectivity index (χ0n) is 17.3. The van der Waals surface area contributed by atoms with Crippen LogP contribution < -0.4 is 10.1 Å². The number of alkyl halides is 3. The number of nitrogens with one attached hydrogen (secondary N) is 1. The third-order valence-electron chi connectivity index (χ3n) is 4.71. The number of rotatable bonds is 7. The Morgan fingerprint density at radius 3 is 2.15 bits per heavy atom. The summed E-state index contributed by atoms with van der Waals surface area (Å²) in [5.74, 6) is -0.0371. The summed E-state index contributed by atoms with van der Waals surface area (Å²) in [6, 6.07) is 24.4. The van der Waals surface area contributed by atoms with Crippen molar-refractivity contribution in [2.24, 2.45) is 0 Å². The number of hydrogen-bond donors (Lipinski definition) is 1. The van der Waals surface area contributed by atoms with Gasteiger partial charge in [0.25, 0.3) is 0 Å². The number of oxazole rings is 1. The lowest BCUT2D eigenvalue weighted by molar-refractivity contribution is -0.274. The maximum atomic E-state index is 12.6. The summed E-state index contributed by atoms with van der Waals surface area (Å²) in [6.45, 7) is 0. The van der Waals surface area contributed by atoms with E-state index in [0.29, 0.717) is 17.3 Å². The zero-order chi connectivity index (χ0) is 23.3. The summed E-state index contributed by atoms with van der Waals surface area (Å²) in [5, 5.41) is 2.45. The minimum atomic E-state index is -4.86. The van der Waals surface area contributed by atoms with Crippen molar-refractivity contribution in [2.45, 2.75) is 19.2 Å². The lowest BCUT2D eigenvalue weighted by Crippen LogP contribution is -2.19. The molecule has 4 aromatic rings. The van der Waals surface area contributed by atoms with Crippen LogP contribution in [0.15, 0.2) is 89.3 Å². The normalized spacial score (nSPS) is 11.2. The van der Waals surface area contributed by atoms with Gasteiger partial charge in [-0.2, -0.15) is 0 Å². The van der Waals surface area contributed by atoms with Crippen LogP contribution in [0.5, 0.6) is 5.75 Å². The molecule has 0 atom stereocenters. The molecule has 3 aromatic carbocycles. The quantitative estimate of drug-likeness (QED) is 0.349. The summed E-state index contributed by atoms with van der Waals surface area (Å²) < 4.78 is 47.7. The van der Waals surface area contributed by atoms with Crippen LogP contribution in [0.2, 0.25) is 0 Å². The van der Waals surface area contributed by atoms with Gasteiger partial charge in [0.05, 0.1) is 5.69 Å². The van der Waals surface area contributed by atoms with Crippen molar-refractivity contribution < 1.29 is 27.1 Å². The average Bonchev–Trinajstić information content (AvgIpc) is 3.24. The Bertz CT molecular complexity index is 1170. The van der Waals surface area contributed by atoms with Crippen LogP contribution in [0.4, 0.5) is 18.9 Å². The summed E-state index contributed by atoms with van der Waals surface area (Å²) in [5.41, 5.74) is 2.30. The number of anilines is 1. The Balaban J connectivity index is 1.50. The van der Waals surface area contributed by atoms with E-state index >= 15 is 0 Å². The van der Waals surface area contributed by atoms with Gasteiger partial charge in [0.1, 0.15) is 5.69 Å². The molecule has 0 bridgehead atoms. The molecule has 0 saturated carbocycles. The predicted molar refractivity (Wildman–Crippen MR) is 117 cm³/mol. The monoisotopic (exact) mass is 452 g/mol. The van der Waals surface area contributed by atoms with Gasteiger partial charge in [-0.1, -0.05) is 72.8 Å². The summed E-state index contributed by atoms with van der Waals surface area (Å²) >= 11 is 0.